The minimum Gasteiger partial charge on any atom is -0.312 e. The molecule has 0 amide bonds. The van der Waals surface area contributed by atoms with Gasteiger partial charge in [-0.05, 0) is 31.4 Å². The maximum Gasteiger partial charge on any atom is 0.255 e. The van der Waals surface area contributed by atoms with Crippen LogP contribution in [0.15, 0.2) is 16.9 Å². The molecule has 18 heavy (non-hydrogen) atoms. The first-order valence-electron chi connectivity index (χ1n) is 6.90. The van der Waals surface area contributed by atoms with E-state index in [0.29, 0.717) is 18.4 Å². The molecule has 102 valence electrons. The molecule has 0 bridgehead atoms. The lowest BCUT2D eigenvalue weighted by molar-refractivity contribution is 0.545. The van der Waals surface area contributed by atoms with Gasteiger partial charge in [0.25, 0.3) is 5.56 Å². The summed E-state index contributed by atoms with van der Waals surface area (Å²) >= 11 is 0. The molecular weight excluding hydrogens is 224 g/mol. The van der Waals surface area contributed by atoms with Crippen LogP contribution in [0, 0.1) is 5.92 Å². The molecule has 0 unspecified atom stereocenters. The Morgan fingerprint density at radius 2 is 1.89 bits per heavy atom. The van der Waals surface area contributed by atoms with Gasteiger partial charge in [-0.25, -0.2) is 0 Å². The van der Waals surface area contributed by atoms with Gasteiger partial charge in [0.05, 0.1) is 0 Å². The van der Waals surface area contributed by atoms with Crippen molar-refractivity contribution < 1.29 is 0 Å². The van der Waals surface area contributed by atoms with Gasteiger partial charge in [-0.2, -0.15) is 0 Å². The first kappa shape index (κ1) is 15.0. The van der Waals surface area contributed by atoms with Gasteiger partial charge in [0.2, 0.25) is 0 Å². The van der Waals surface area contributed by atoms with Crippen molar-refractivity contribution in [2.75, 3.05) is 6.54 Å². The highest BCUT2D eigenvalue weighted by molar-refractivity contribution is 5.18. The lowest BCUT2D eigenvalue weighted by atomic mass is 10.1. The maximum absolute atomic E-state index is 12.3. The van der Waals surface area contributed by atoms with Gasteiger partial charge in [-0.15, -0.1) is 0 Å². The summed E-state index contributed by atoms with van der Waals surface area (Å²) in [5.74, 6) is 0.990. The predicted octanol–water partition coefficient (Wildman–Crippen LogP) is 2.74. The third-order valence-electron chi connectivity index (χ3n) is 3.06. The van der Waals surface area contributed by atoms with Crippen molar-refractivity contribution in [3.63, 3.8) is 0 Å². The van der Waals surface area contributed by atoms with Gasteiger partial charge in [0.1, 0.15) is 0 Å². The van der Waals surface area contributed by atoms with Crippen LogP contribution in [0.4, 0.5) is 0 Å². The molecule has 0 spiro atoms. The molecule has 0 aliphatic carbocycles. The molecule has 1 aromatic rings. The summed E-state index contributed by atoms with van der Waals surface area (Å²) in [6, 6.07) is 4.05. The number of pyridine rings is 1. The van der Waals surface area contributed by atoms with E-state index in [4.69, 9.17) is 0 Å². The van der Waals surface area contributed by atoms with Crippen molar-refractivity contribution >= 4 is 0 Å². The van der Waals surface area contributed by atoms with Crippen molar-refractivity contribution in [3.8, 4) is 0 Å². The Hall–Kier alpha value is -1.09. The average molecular weight is 250 g/mol. The van der Waals surface area contributed by atoms with Crippen LogP contribution in [0.25, 0.3) is 0 Å². The summed E-state index contributed by atoms with van der Waals surface area (Å²) < 4.78 is 1.89. The van der Waals surface area contributed by atoms with Crippen LogP contribution < -0.4 is 10.9 Å². The van der Waals surface area contributed by atoms with Crippen molar-refractivity contribution in [2.24, 2.45) is 5.92 Å². The molecule has 3 nitrogen and oxygen atoms in total. The molecular formula is C15H26N2O. The van der Waals surface area contributed by atoms with Gasteiger partial charge in [-0.1, -0.05) is 33.8 Å². The molecule has 0 saturated heterocycles. The smallest absolute Gasteiger partial charge is 0.255 e. The Kier molecular flexibility index (Phi) is 5.60. The molecule has 1 rings (SSSR count). The van der Waals surface area contributed by atoms with Crippen molar-refractivity contribution in [1.82, 2.24) is 9.88 Å². The SMILES string of the molecule is CCn1c(C(C)C)ccc(CNCC(C)C)c1=O. The zero-order valence-electron chi connectivity index (χ0n) is 12.3. The number of hydrogen-bond acceptors (Lipinski definition) is 2. The monoisotopic (exact) mass is 250 g/mol. The zero-order chi connectivity index (χ0) is 13.7. The highest BCUT2D eigenvalue weighted by atomic mass is 16.1. The number of aromatic nitrogens is 1. The molecule has 0 radical (unpaired) electrons. The molecule has 0 aliphatic heterocycles. The summed E-state index contributed by atoms with van der Waals surface area (Å²) in [5.41, 5.74) is 2.14. The highest BCUT2D eigenvalue weighted by Crippen LogP contribution is 2.12. The van der Waals surface area contributed by atoms with Gasteiger partial charge >= 0.3 is 0 Å². The van der Waals surface area contributed by atoms with Gasteiger partial charge in [-0.3, -0.25) is 4.79 Å². The van der Waals surface area contributed by atoms with Crippen molar-refractivity contribution in [3.05, 3.63) is 33.7 Å². The van der Waals surface area contributed by atoms with E-state index in [-0.39, 0.29) is 5.56 Å². The molecule has 0 fully saturated rings. The second-order valence-electron chi connectivity index (χ2n) is 5.51. The van der Waals surface area contributed by atoms with Gasteiger partial charge in [0.15, 0.2) is 0 Å². The molecule has 1 N–H and O–H groups in total. The van der Waals surface area contributed by atoms with Crippen LogP contribution in [0.3, 0.4) is 0 Å². The minimum absolute atomic E-state index is 0.153. The Balaban J connectivity index is 2.92. The van der Waals surface area contributed by atoms with E-state index in [1.807, 2.05) is 17.6 Å². The number of nitrogens with one attached hydrogen (secondary N) is 1. The number of rotatable bonds is 6. The Morgan fingerprint density at radius 1 is 1.22 bits per heavy atom. The van der Waals surface area contributed by atoms with Crippen LogP contribution in [-0.4, -0.2) is 11.1 Å². The van der Waals surface area contributed by atoms with Gasteiger partial charge < -0.3 is 9.88 Å². The fraction of sp³-hybridized carbons (Fsp3) is 0.667. The first-order chi connectivity index (χ1) is 8.47. The standard InChI is InChI=1S/C15H26N2O/c1-6-17-14(12(4)5)8-7-13(15(17)18)10-16-9-11(2)3/h7-8,11-12,16H,6,9-10H2,1-5H3. The second-order valence-corrected chi connectivity index (χ2v) is 5.51. The molecule has 1 aromatic heterocycles. The summed E-state index contributed by atoms with van der Waals surface area (Å²) in [6.45, 7) is 12.9. The van der Waals surface area contributed by atoms with Crippen LogP contribution in [0.1, 0.15) is 51.8 Å². The molecule has 3 heteroatoms. The molecule has 0 atom stereocenters. The van der Waals surface area contributed by atoms with Crippen LogP contribution >= 0.6 is 0 Å². The fourth-order valence-electron chi connectivity index (χ4n) is 2.10. The maximum atomic E-state index is 12.3. The summed E-state index contributed by atoms with van der Waals surface area (Å²) in [6.07, 6.45) is 0. The van der Waals surface area contributed by atoms with Crippen molar-refractivity contribution in [1.29, 1.82) is 0 Å². The fourth-order valence-corrected chi connectivity index (χ4v) is 2.10. The van der Waals surface area contributed by atoms with E-state index in [2.05, 4.69) is 39.1 Å². The van der Waals surface area contributed by atoms with E-state index in [0.717, 1.165) is 24.3 Å². The highest BCUT2D eigenvalue weighted by Gasteiger charge is 2.09. The summed E-state index contributed by atoms with van der Waals surface area (Å²) in [7, 11) is 0. The zero-order valence-corrected chi connectivity index (χ0v) is 12.3. The van der Waals surface area contributed by atoms with Crippen LogP contribution in [0.2, 0.25) is 0 Å². The van der Waals surface area contributed by atoms with E-state index in [1.165, 1.54) is 0 Å². The second kappa shape index (κ2) is 6.74. The predicted molar refractivity (Wildman–Crippen MR) is 77.0 cm³/mol. The Labute approximate surface area is 110 Å². The third kappa shape index (κ3) is 3.70. The normalized spacial score (nSPS) is 11.5. The first-order valence-corrected chi connectivity index (χ1v) is 6.90. The summed E-state index contributed by atoms with van der Waals surface area (Å²) in [5, 5.41) is 3.33. The van der Waals surface area contributed by atoms with Crippen molar-refractivity contribution in [2.45, 2.75) is 53.6 Å². The van der Waals surface area contributed by atoms with E-state index in [1.54, 1.807) is 0 Å². The third-order valence-corrected chi connectivity index (χ3v) is 3.06. The number of nitrogens with zero attached hydrogens (tertiary/aromatic N) is 1. The average Bonchev–Trinajstić information content (AvgIpc) is 2.30. The molecule has 0 aliphatic rings. The summed E-state index contributed by atoms with van der Waals surface area (Å²) in [4.78, 5) is 12.3. The van der Waals surface area contributed by atoms with Crippen LogP contribution in [-0.2, 0) is 13.1 Å². The van der Waals surface area contributed by atoms with E-state index >= 15 is 0 Å². The lowest BCUT2D eigenvalue weighted by Crippen LogP contribution is -2.30. The van der Waals surface area contributed by atoms with E-state index in [9.17, 15) is 4.79 Å². The lowest BCUT2D eigenvalue weighted by Gasteiger charge is -2.16. The quantitative estimate of drug-likeness (QED) is 0.842. The molecule has 0 saturated carbocycles. The molecule has 1 heterocycles. The van der Waals surface area contributed by atoms with Crippen LogP contribution in [0.5, 0.6) is 0 Å². The topological polar surface area (TPSA) is 34.0 Å². The largest absolute Gasteiger partial charge is 0.312 e. The van der Waals surface area contributed by atoms with Gasteiger partial charge in [0, 0.05) is 24.3 Å². The van der Waals surface area contributed by atoms with E-state index < -0.39 is 0 Å². The Bertz CT molecular complexity index is 433. The number of hydrogen-bond donors (Lipinski definition) is 1. The minimum atomic E-state index is 0.153. The Morgan fingerprint density at radius 3 is 2.39 bits per heavy atom. The molecule has 0 aromatic carbocycles.